The maximum absolute atomic E-state index is 12.2. The Morgan fingerprint density at radius 2 is 1.80 bits per heavy atom. The molecule has 0 aliphatic rings. The molecule has 0 aliphatic carbocycles. The molecule has 3 aromatic carbocycles. The number of nitrogens with zero attached hydrogens (tertiary/aromatic N) is 4. The van der Waals surface area contributed by atoms with Gasteiger partial charge in [0.25, 0.3) is 5.91 Å². The standard InChI is InChI=1S/C29H28N4O2/c1-20-31-18-27(33(20)4)28(35-19-21-10-12-23(13-11-21)29(34)32(2)3)24-14-15-25(17-30)26(16-24)22-8-6-5-7-9-22/h5-16,18,28H,19H2,1-4H3. The number of ether oxygens (including phenoxy) is 1. The summed E-state index contributed by atoms with van der Waals surface area (Å²) in [6, 6.07) is 25.5. The van der Waals surface area contributed by atoms with Gasteiger partial charge in [-0.25, -0.2) is 4.98 Å². The molecular formula is C29H28N4O2. The van der Waals surface area contributed by atoms with Crippen molar-refractivity contribution in [3.05, 3.63) is 113 Å². The van der Waals surface area contributed by atoms with Gasteiger partial charge in [-0.1, -0.05) is 48.5 Å². The van der Waals surface area contributed by atoms with Crippen LogP contribution < -0.4 is 0 Å². The lowest BCUT2D eigenvalue weighted by atomic mass is 9.95. The number of aromatic nitrogens is 2. The van der Waals surface area contributed by atoms with Crippen LogP contribution in [0.1, 0.15) is 44.7 Å². The molecule has 35 heavy (non-hydrogen) atoms. The molecule has 0 saturated heterocycles. The van der Waals surface area contributed by atoms with Crippen molar-refractivity contribution in [2.24, 2.45) is 7.05 Å². The van der Waals surface area contributed by atoms with Crippen molar-refractivity contribution in [2.75, 3.05) is 14.1 Å². The van der Waals surface area contributed by atoms with Crippen LogP contribution in [0.2, 0.25) is 0 Å². The second-order valence-electron chi connectivity index (χ2n) is 8.66. The fourth-order valence-corrected chi connectivity index (χ4v) is 3.98. The topological polar surface area (TPSA) is 71.2 Å². The molecule has 0 saturated carbocycles. The third-order valence-corrected chi connectivity index (χ3v) is 6.10. The van der Waals surface area contributed by atoms with E-state index in [1.54, 1.807) is 19.0 Å². The molecule has 1 heterocycles. The Morgan fingerprint density at radius 3 is 2.40 bits per heavy atom. The Hall–Kier alpha value is -4.21. The first-order valence-corrected chi connectivity index (χ1v) is 11.4. The smallest absolute Gasteiger partial charge is 0.253 e. The molecule has 0 aliphatic heterocycles. The largest absolute Gasteiger partial charge is 0.363 e. The molecule has 4 aromatic rings. The summed E-state index contributed by atoms with van der Waals surface area (Å²) in [7, 11) is 5.44. The van der Waals surface area contributed by atoms with Gasteiger partial charge in [-0.2, -0.15) is 5.26 Å². The summed E-state index contributed by atoms with van der Waals surface area (Å²) in [5.74, 6) is 0.851. The molecule has 4 rings (SSSR count). The van der Waals surface area contributed by atoms with Crippen LogP contribution in [0.5, 0.6) is 0 Å². The number of amides is 1. The van der Waals surface area contributed by atoms with E-state index in [1.807, 2.05) is 97.5 Å². The predicted molar refractivity (Wildman–Crippen MR) is 136 cm³/mol. The van der Waals surface area contributed by atoms with Crippen molar-refractivity contribution in [3.63, 3.8) is 0 Å². The number of carbonyl (C=O) groups is 1. The van der Waals surface area contributed by atoms with E-state index >= 15 is 0 Å². The quantitative estimate of drug-likeness (QED) is 0.373. The van der Waals surface area contributed by atoms with Crippen molar-refractivity contribution >= 4 is 5.91 Å². The number of hydrogen-bond donors (Lipinski definition) is 0. The molecule has 0 radical (unpaired) electrons. The van der Waals surface area contributed by atoms with Crippen LogP contribution in [-0.2, 0) is 18.4 Å². The maximum Gasteiger partial charge on any atom is 0.253 e. The summed E-state index contributed by atoms with van der Waals surface area (Å²) < 4.78 is 8.49. The van der Waals surface area contributed by atoms with Gasteiger partial charge in [0.15, 0.2) is 0 Å². The van der Waals surface area contributed by atoms with E-state index < -0.39 is 0 Å². The highest BCUT2D eigenvalue weighted by molar-refractivity contribution is 5.93. The second-order valence-corrected chi connectivity index (χ2v) is 8.66. The lowest BCUT2D eigenvalue weighted by molar-refractivity contribution is 0.0621. The van der Waals surface area contributed by atoms with Gasteiger partial charge in [-0.3, -0.25) is 4.79 Å². The Balaban J connectivity index is 1.68. The number of nitriles is 1. The summed E-state index contributed by atoms with van der Waals surface area (Å²) in [4.78, 5) is 18.2. The van der Waals surface area contributed by atoms with Gasteiger partial charge in [0.2, 0.25) is 0 Å². The van der Waals surface area contributed by atoms with Crippen molar-refractivity contribution in [1.29, 1.82) is 5.26 Å². The number of carbonyl (C=O) groups excluding carboxylic acids is 1. The van der Waals surface area contributed by atoms with Gasteiger partial charge in [-0.05, 0) is 53.4 Å². The minimum absolute atomic E-state index is 0.0354. The van der Waals surface area contributed by atoms with E-state index in [-0.39, 0.29) is 12.0 Å². The summed E-state index contributed by atoms with van der Waals surface area (Å²) in [6.45, 7) is 2.31. The molecule has 0 spiro atoms. The molecule has 1 atom stereocenters. The van der Waals surface area contributed by atoms with Gasteiger partial charge in [0, 0.05) is 26.7 Å². The number of aryl methyl sites for hydroxylation is 1. The molecule has 6 nitrogen and oxygen atoms in total. The summed E-state index contributed by atoms with van der Waals surface area (Å²) >= 11 is 0. The summed E-state index contributed by atoms with van der Waals surface area (Å²) in [6.07, 6.45) is 1.44. The van der Waals surface area contributed by atoms with Crippen LogP contribution in [0.25, 0.3) is 11.1 Å². The highest BCUT2D eigenvalue weighted by Gasteiger charge is 2.21. The fourth-order valence-electron chi connectivity index (χ4n) is 3.98. The van der Waals surface area contributed by atoms with E-state index in [0.29, 0.717) is 17.7 Å². The lowest BCUT2D eigenvalue weighted by Gasteiger charge is -2.21. The first-order chi connectivity index (χ1) is 16.9. The molecule has 0 N–H and O–H groups in total. The zero-order chi connectivity index (χ0) is 24.9. The van der Waals surface area contributed by atoms with Crippen LogP contribution >= 0.6 is 0 Å². The summed E-state index contributed by atoms with van der Waals surface area (Å²) in [5, 5.41) is 9.70. The van der Waals surface area contributed by atoms with E-state index in [4.69, 9.17) is 4.74 Å². The molecule has 0 bridgehead atoms. The summed E-state index contributed by atoms with van der Waals surface area (Å²) in [5.41, 5.74) is 5.91. The zero-order valence-corrected chi connectivity index (χ0v) is 20.4. The molecule has 1 amide bonds. The molecule has 0 fully saturated rings. The normalized spacial score (nSPS) is 11.6. The van der Waals surface area contributed by atoms with Gasteiger partial charge in [0.05, 0.1) is 30.1 Å². The maximum atomic E-state index is 12.2. The highest BCUT2D eigenvalue weighted by Crippen LogP contribution is 2.32. The monoisotopic (exact) mass is 464 g/mol. The van der Waals surface area contributed by atoms with Crippen LogP contribution in [0.4, 0.5) is 0 Å². The van der Waals surface area contributed by atoms with E-state index in [0.717, 1.165) is 33.8 Å². The van der Waals surface area contributed by atoms with Gasteiger partial charge >= 0.3 is 0 Å². The third kappa shape index (κ3) is 5.16. The third-order valence-electron chi connectivity index (χ3n) is 6.10. The van der Waals surface area contributed by atoms with Gasteiger partial charge in [0.1, 0.15) is 11.9 Å². The SMILES string of the molecule is Cc1ncc(C(OCc2ccc(C(=O)N(C)C)cc2)c2ccc(C#N)c(-c3ccccc3)c2)n1C. The van der Waals surface area contributed by atoms with Crippen LogP contribution in [0.15, 0.2) is 79.0 Å². The first kappa shape index (κ1) is 23.9. The van der Waals surface area contributed by atoms with Crippen molar-refractivity contribution in [3.8, 4) is 17.2 Å². The number of benzene rings is 3. The van der Waals surface area contributed by atoms with Crippen molar-refractivity contribution in [1.82, 2.24) is 14.5 Å². The van der Waals surface area contributed by atoms with Crippen LogP contribution in [-0.4, -0.2) is 34.5 Å². The lowest BCUT2D eigenvalue weighted by Crippen LogP contribution is -2.21. The van der Waals surface area contributed by atoms with Crippen LogP contribution in [0, 0.1) is 18.3 Å². The minimum Gasteiger partial charge on any atom is -0.363 e. The Bertz CT molecular complexity index is 1370. The van der Waals surface area contributed by atoms with E-state index in [9.17, 15) is 10.1 Å². The van der Waals surface area contributed by atoms with Crippen molar-refractivity contribution < 1.29 is 9.53 Å². The average molecular weight is 465 g/mol. The van der Waals surface area contributed by atoms with Gasteiger partial charge in [-0.15, -0.1) is 0 Å². The molecule has 1 unspecified atom stereocenters. The number of imidazole rings is 1. The first-order valence-electron chi connectivity index (χ1n) is 11.4. The average Bonchev–Trinajstić information content (AvgIpc) is 3.22. The van der Waals surface area contributed by atoms with E-state index in [2.05, 4.69) is 11.1 Å². The molecule has 176 valence electrons. The predicted octanol–water partition coefficient (Wildman–Crippen LogP) is 5.28. The molecular weight excluding hydrogens is 436 g/mol. The Kier molecular flexibility index (Phi) is 7.09. The molecule has 1 aromatic heterocycles. The number of hydrogen-bond acceptors (Lipinski definition) is 4. The van der Waals surface area contributed by atoms with Crippen LogP contribution in [0.3, 0.4) is 0 Å². The molecule has 6 heteroatoms. The second kappa shape index (κ2) is 10.4. The van der Waals surface area contributed by atoms with Gasteiger partial charge < -0.3 is 14.2 Å². The van der Waals surface area contributed by atoms with E-state index in [1.165, 1.54) is 0 Å². The Labute approximate surface area is 206 Å². The zero-order valence-electron chi connectivity index (χ0n) is 20.4. The highest BCUT2D eigenvalue weighted by atomic mass is 16.5. The van der Waals surface area contributed by atoms with Crippen molar-refractivity contribution in [2.45, 2.75) is 19.6 Å². The minimum atomic E-state index is -0.389. The fraction of sp³-hybridized carbons (Fsp3) is 0.207. The Morgan fingerprint density at radius 1 is 1.09 bits per heavy atom. The number of rotatable bonds is 7.